The number of carbonyl (C=O) groups is 1. The van der Waals surface area contributed by atoms with Crippen LogP contribution in [0.5, 0.6) is 11.5 Å². The number of methoxy groups -OCH3 is 1. The number of hydrogen-bond acceptors (Lipinski definition) is 4. The fourth-order valence-electron chi connectivity index (χ4n) is 5.12. The van der Waals surface area contributed by atoms with Gasteiger partial charge in [-0.05, 0) is 42.7 Å². The maximum atomic E-state index is 13.8. The molecule has 2 unspecified atom stereocenters. The number of hydrogen-bond donors (Lipinski definition) is 0. The minimum Gasteiger partial charge on any atom is -0.497 e. The molecule has 2 aromatic rings. The maximum Gasteiger partial charge on any atom is 0.244 e. The van der Waals surface area contributed by atoms with Crippen molar-refractivity contribution in [3.63, 3.8) is 0 Å². The van der Waals surface area contributed by atoms with E-state index in [1.54, 1.807) is 7.11 Å². The van der Waals surface area contributed by atoms with Crippen molar-refractivity contribution in [3.8, 4) is 11.5 Å². The Kier molecular flexibility index (Phi) is 4.92. The Morgan fingerprint density at radius 1 is 1.07 bits per heavy atom. The molecule has 2 fully saturated rings. The third kappa shape index (κ3) is 3.48. The Morgan fingerprint density at radius 3 is 2.59 bits per heavy atom. The molecule has 152 valence electrons. The van der Waals surface area contributed by atoms with Gasteiger partial charge in [0, 0.05) is 19.0 Å². The highest BCUT2D eigenvalue weighted by atomic mass is 16.5. The predicted octanol–water partition coefficient (Wildman–Crippen LogP) is 4.01. The highest BCUT2D eigenvalue weighted by Crippen LogP contribution is 2.39. The van der Waals surface area contributed by atoms with Crippen LogP contribution in [-0.2, 0) is 11.3 Å². The number of amides is 1. The van der Waals surface area contributed by atoms with E-state index in [0.717, 1.165) is 35.7 Å². The summed E-state index contributed by atoms with van der Waals surface area (Å²) in [6.45, 7) is 1.38. The van der Waals surface area contributed by atoms with Crippen LogP contribution in [0, 0.1) is 0 Å². The van der Waals surface area contributed by atoms with Crippen LogP contribution >= 0.6 is 0 Å². The zero-order valence-corrected chi connectivity index (χ0v) is 16.9. The Hall–Kier alpha value is -2.53. The van der Waals surface area contributed by atoms with Gasteiger partial charge in [-0.2, -0.15) is 0 Å². The van der Waals surface area contributed by atoms with Crippen molar-refractivity contribution >= 4 is 11.6 Å². The molecular weight excluding hydrogens is 364 g/mol. The lowest BCUT2D eigenvalue weighted by Crippen LogP contribution is -2.48. The van der Waals surface area contributed by atoms with Gasteiger partial charge in [0.15, 0.2) is 0 Å². The monoisotopic (exact) mass is 392 g/mol. The minimum absolute atomic E-state index is 0.0882. The second kappa shape index (κ2) is 7.71. The molecule has 5 rings (SSSR count). The third-order valence-electron chi connectivity index (χ3n) is 6.60. The van der Waals surface area contributed by atoms with Gasteiger partial charge in [0.2, 0.25) is 5.91 Å². The largest absolute Gasteiger partial charge is 0.497 e. The topological polar surface area (TPSA) is 42.0 Å². The van der Waals surface area contributed by atoms with Crippen LogP contribution in [0.1, 0.15) is 37.7 Å². The van der Waals surface area contributed by atoms with Gasteiger partial charge in [-0.15, -0.1) is 0 Å². The Labute approximate surface area is 172 Å². The van der Waals surface area contributed by atoms with Crippen molar-refractivity contribution in [2.75, 3.05) is 18.6 Å². The van der Waals surface area contributed by atoms with Crippen molar-refractivity contribution in [1.29, 1.82) is 0 Å². The summed E-state index contributed by atoms with van der Waals surface area (Å²) in [7, 11) is 1.67. The van der Waals surface area contributed by atoms with Crippen molar-refractivity contribution < 1.29 is 14.3 Å². The maximum absolute atomic E-state index is 13.8. The van der Waals surface area contributed by atoms with E-state index < -0.39 is 0 Å². The molecule has 1 amide bonds. The average molecular weight is 392 g/mol. The van der Waals surface area contributed by atoms with E-state index in [1.807, 2.05) is 53.4 Å². The van der Waals surface area contributed by atoms with Gasteiger partial charge < -0.3 is 14.4 Å². The normalized spacial score (nSPS) is 24.7. The summed E-state index contributed by atoms with van der Waals surface area (Å²) in [5.41, 5.74) is 1.95. The van der Waals surface area contributed by atoms with Gasteiger partial charge in [-0.3, -0.25) is 9.69 Å². The van der Waals surface area contributed by atoms with E-state index in [2.05, 4.69) is 4.90 Å². The minimum atomic E-state index is -0.0882. The summed E-state index contributed by atoms with van der Waals surface area (Å²) >= 11 is 0. The lowest BCUT2D eigenvalue weighted by atomic mass is 10.1. The van der Waals surface area contributed by atoms with Crippen molar-refractivity contribution in [2.45, 2.75) is 56.8 Å². The molecule has 1 aliphatic carbocycles. The number of benzene rings is 2. The molecule has 5 nitrogen and oxygen atoms in total. The Balaban J connectivity index is 1.49. The van der Waals surface area contributed by atoms with Crippen molar-refractivity contribution in [3.05, 3.63) is 54.1 Å². The first-order valence-corrected chi connectivity index (χ1v) is 10.7. The number of anilines is 1. The molecule has 1 saturated heterocycles. The number of fused-ring (bicyclic) bond motifs is 3. The van der Waals surface area contributed by atoms with E-state index in [-0.39, 0.29) is 18.1 Å². The summed E-state index contributed by atoms with van der Waals surface area (Å²) in [5.74, 6) is 1.83. The Bertz CT molecular complexity index is 876. The van der Waals surface area contributed by atoms with E-state index >= 15 is 0 Å². The van der Waals surface area contributed by atoms with Gasteiger partial charge in [0.1, 0.15) is 17.6 Å². The Morgan fingerprint density at radius 2 is 1.83 bits per heavy atom. The predicted molar refractivity (Wildman–Crippen MR) is 112 cm³/mol. The summed E-state index contributed by atoms with van der Waals surface area (Å²) < 4.78 is 11.7. The van der Waals surface area contributed by atoms with E-state index in [4.69, 9.17) is 9.47 Å². The standard InChI is InChI=1S/C24H28N2O3/c1-28-19-12-10-17(11-13-19)15-26-21-8-4-5-9-23(21)29-20-14-22(24(26)27)25(16-20)18-6-2-3-7-18/h4-5,8-13,18,20,22H,2-3,6-7,14-16H2,1H3. The van der Waals surface area contributed by atoms with E-state index in [0.29, 0.717) is 12.6 Å². The molecule has 2 atom stereocenters. The smallest absolute Gasteiger partial charge is 0.244 e. The van der Waals surface area contributed by atoms with Crippen molar-refractivity contribution in [2.24, 2.45) is 0 Å². The molecule has 0 radical (unpaired) electrons. The van der Waals surface area contributed by atoms with Crippen LogP contribution in [0.25, 0.3) is 0 Å². The summed E-state index contributed by atoms with van der Waals surface area (Å²) in [5, 5.41) is 0. The van der Waals surface area contributed by atoms with Crippen LogP contribution < -0.4 is 14.4 Å². The highest BCUT2D eigenvalue weighted by molar-refractivity contribution is 5.99. The number of likely N-dealkylation sites (tertiary alicyclic amines) is 1. The summed E-state index contributed by atoms with van der Waals surface area (Å²) in [6.07, 6.45) is 5.80. The van der Waals surface area contributed by atoms with Gasteiger partial charge in [-0.1, -0.05) is 37.1 Å². The van der Waals surface area contributed by atoms with Gasteiger partial charge in [-0.25, -0.2) is 0 Å². The second-order valence-corrected chi connectivity index (χ2v) is 8.37. The van der Waals surface area contributed by atoms with Crippen LogP contribution in [-0.4, -0.2) is 42.6 Å². The first-order valence-electron chi connectivity index (χ1n) is 10.7. The molecular formula is C24H28N2O3. The van der Waals surface area contributed by atoms with Gasteiger partial charge in [0.05, 0.1) is 25.4 Å². The van der Waals surface area contributed by atoms with Crippen LogP contribution in [0.4, 0.5) is 5.69 Å². The molecule has 2 bridgehead atoms. The molecule has 5 heteroatoms. The molecule has 0 spiro atoms. The fourth-order valence-corrected chi connectivity index (χ4v) is 5.12. The molecule has 0 N–H and O–H groups in total. The SMILES string of the molecule is COc1ccc(CN2C(=O)C3CC(CN3C3CCCC3)Oc3ccccc32)cc1. The lowest BCUT2D eigenvalue weighted by molar-refractivity contribution is -0.123. The molecule has 1 saturated carbocycles. The molecule has 0 aromatic heterocycles. The van der Waals surface area contributed by atoms with Crippen molar-refractivity contribution in [1.82, 2.24) is 4.90 Å². The molecule has 2 heterocycles. The first kappa shape index (κ1) is 18.5. The zero-order valence-electron chi connectivity index (χ0n) is 16.9. The van der Waals surface area contributed by atoms with Crippen LogP contribution in [0.15, 0.2) is 48.5 Å². The summed E-state index contributed by atoms with van der Waals surface area (Å²) in [6, 6.07) is 16.3. The van der Waals surface area contributed by atoms with Gasteiger partial charge in [0.25, 0.3) is 0 Å². The number of nitrogens with zero attached hydrogens (tertiary/aromatic N) is 2. The third-order valence-corrected chi connectivity index (χ3v) is 6.60. The summed E-state index contributed by atoms with van der Waals surface area (Å²) in [4.78, 5) is 18.2. The number of carbonyl (C=O) groups excluding carboxylic acids is 1. The molecule has 29 heavy (non-hydrogen) atoms. The zero-order chi connectivity index (χ0) is 19.8. The molecule has 2 aromatic carbocycles. The highest BCUT2D eigenvalue weighted by Gasteiger charge is 2.45. The second-order valence-electron chi connectivity index (χ2n) is 8.37. The van der Waals surface area contributed by atoms with Crippen LogP contribution in [0.2, 0.25) is 0 Å². The molecule has 2 aliphatic heterocycles. The van der Waals surface area contributed by atoms with Gasteiger partial charge >= 0.3 is 0 Å². The number of ether oxygens (including phenoxy) is 2. The molecule has 3 aliphatic rings. The number of para-hydroxylation sites is 2. The van der Waals surface area contributed by atoms with Crippen LogP contribution in [0.3, 0.4) is 0 Å². The fraction of sp³-hybridized carbons (Fsp3) is 0.458. The quantitative estimate of drug-likeness (QED) is 0.789. The average Bonchev–Trinajstić information content (AvgIpc) is 3.42. The lowest BCUT2D eigenvalue weighted by Gasteiger charge is -2.34. The number of rotatable bonds is 4. The van der Waals surface area contributed by atoms with E-state index in [1.165, 1.54) is 25.7 Å². The van der Waals surface area contributed by atoms with E-state index in [9.17, 15) is 4.79 Å². The first-order chi connectivity index (χ1) is 14.2.